The maximum atomic E-state index is 13.4. The largest absolute Gasteiger partial charge is 0.514 e. The number of nitrogens with one attached hydrogen (secondary N) is 1. The van der Waals surface area contributed by atoms with E-state index >= 15 is 0 Å². The molecule has 38 heavy (non-hydrogen) atoms. The molecule has 12 heteroatoms. The molecule has 0 aliphatic carbocycles. The van der Waals surface area contributed by atoms with Gasteiger partial charge in [0.05, 0.1) is 11.3 Å². The van der Waals surface area contributed by atoms with Crippen LogP contribution >= 0.6 is 0 Å². The number of azide groups is 1. The summed E-state index contributed by atoms with van der Waals surface area (Å²) in [5.74, 6) is -0.310. The summed E-state index contributed by atoms with van der Waals surface area (Å²) in [5.41, 5.74) is 11.2. The van der Waals surface area contributed by atoms with Crippen molar-refractivity contribution >= 4 is 23.5 Å². The van der Waals surface area contributed by atoms with Gasteiger partial charge in [-0.25, -0.2) is 14.8 Å². The van der Waals surface area contributed by atoms with Crippen molar-refractivity contribution in [3.05, 3.63) is 82.1 Å². The number of hydrogen-bond donors (Lipinski definition) is 1. The third-order valence-electron chi connectivity index (χ3n) is 5.28. The second-order valence-corrected chi connectivity index (χ2v) is 8.06. The number of amides is 1. The van der Waals surface area contributed by atoms with Crippen molar-refractivity contribution in [1.29, 1.82) is 0 Å². The third-order valence-corrected chi connectivity index (χ3v) is 5.28. The molecule has 0 bridgehead atoms. The van der Waals surface area contributed by atoms with Gasteiger partial charge < -0.3 is 19.5 Å². The van der Waals surface area contributed by atoms with Gasteiger partial charge in [0.15, 0.2) is 5.78 Å². The molecule has 1 aromatic heterocycles. The number of Topliss-reactive ketones (excluding diaryl/α,β-unsaturated/α-hetero) is 1. The number of carbonyl (C=O) groups excluding carboxylic acids is 3. The van der Waals surface area contributed by atoms with E-state index in [0.717, 1.165) is 5.56 Å². The van der Waals surface area contributed by atoms with Gasteiger partial charge >= 0.3 is 6.16 Å². The van der Waals surface area contributed by atoms with Crippen molar-refractivity contribution in [3.63, 3.8) is 0 Å². The van der Waals surface area contributed by atoms with Crippen molar-refractivity contribution in [2.75, 3.05) is 20.3 Å². The van der Waals surface area contributed by atoms with Crippen LogP contribution in [0.3, 0.4) is 0 Å². The van der Waals surface area contributed by atoms with Crippen LogP contribution in [-0.4, -0.2) is 48.1 Å². The van der Waals surface area contributed by atoms with Gasteiger partial charge in [-0.15, -0.1) is 0 Å². The molecule has 1 heterocycles. The molecule has 2 aromatic carbocycles. The minimum Gasteiger partial charge on any atom is -0.429 e. The van der Waals surface area contributed by atoms with Crippen LogP contribution in [-0.2, 0) is 20.9 Å². The first-order valence-corrected chi connectivity index (χ1v) is 11.6. The molecule has 196 valence electrons. The number of methoxy groups -OCH3 is 1. The zero-order valence-electron chi connectivity index (χ0n) is 20.9. The van der Waals surface area contributed by atoms with E-state index in [-0.39, 0.29) is 48.8 Å². The highest BCUT2D eigenvalue weighted by Gasteiger charge is 2.23. The molecule has 1 N–H and O–H groups in total. The van der Waals surface area contributed by atoms with Crippen LogP contribution in [0.25, 0.3) is 21.7 Å². The average Bonchev–Trinajstić information content (AvgIpc) is 2.92. The lowest BCUT2D eigenvalue weighted by Crippen LogP contribution is -2.27. The fraction of sp³-hybridized carbons (Fsp3) is 0.269. The normalized spacial score (nSPS) is 10.3. The molecule has 0 radical (unpaired) electrons. The fourth-order valence-electron chi connectivity index (χ4n) is 3.52. The summed E-state index contributed by atoms with van der Waals surface area (Å²) in [6, 6.07) is 11.4. The summed E-state index contributed by atoms with van der Waals surface area (Å²) in [4.78, 5) is 48.4. The highest BCUT2D eigenvalue weighted by molar-refractivity contribution is 6.04. The van der Waals surface area contributed by atoms with Crippen LogP contribution in [0.1, 0.15) is 34.3 Å². The zero-order valence-corrected chi connectivity index (χ0v) is 20.9. The lowest BCUT2D eigenvalue weighted by atomic mass is 9.96. The maximum Gasteiger partial charge on any atom is 0.514 e. The number of rotatable bonds is 12. The van der Waals surface area contributed by atoms with Gasteiger partial charge in [-0.1, -0.05) is 34.9 Å². The van der Waals surface area contributed by atoms with Gasteiger partial charge in [-0.3, -0.25) is 9.59 Å². The van der Waals surface area contributed by atoms with E-state index in [9.17, 15) is 14.4 Å². The van der Waals surface area contributed by atoms with Gasteiger partial charge in [0, 0.05) is 48.0 Å². The van der Waals surface area contributed by atoms with Crippen LogP contribution in [0.2, 0.25) is 0 Å². The highest BCUT2D eigenvalue weighted by Crippen LogP contribution is 2.35. The Bertz CT molecular complexity index is 1320. The first-order valence-electron chi connectivity index (χ1n) is 11.6. The summed E-state index contributed by atoms with van der Waals surface area (Å²) in [6.45, 7) is 1.79. The molecule has 0 fully saturated rings. The molecule has 12 nitrogen and oxygen atoms in total. The van der Waals surface area contributed by atoms with Crippen molar-refractivity contribution in [1.82, 2.24) is 15.3 Å². The highest BCUT2D eigenvalue weighted by atomic mass is 16.7. The summed E-state index contributed by atoms with van der Waals surface area (Å²) >= 11 is 0. The Hall–Kier alpha value is -4.80. The van der Waals surface area contributed by atoms with Crippen LogP contribution in [0.15, 0.2) is 60.1 Å². The first kappa shape index (κ1) is 27.8. The van der Waals surface area contributed by atoms with Crippen LogP contribution < -0.4 is 10.1 Å². The minimum absolute atomic E-state index is 0.000189. The van der Waals surface area contributed by atoms with Gasteiger partial charge in [-0.05, 0) is 37.1 Å². The van der Waals surface area contributed by atoms with E-state index in [1.54, 1.807) is 30.3 Å². The first-order chi connectivity index (χ1) is 18.4. The van der Waals surface area contributed by atoms with E-state index in [0.29, 0.717) is 23.4 Å². The standard InChI is InChI=1S/C26H26N6O6/c1-17-5-8-20(9-6-17)38-26(35)37-14-18-7-10-22(31-32-27)24(21-11-13-28-16-30-21)23(18)25(34)29-12-3-4-19(33)15-36-2/h5-11,13,16H,3-4,12,14-15H2,1-2H3,(H,29,34). The van der Waals surface area contributed by atoms with E-state index in [4.69, 9.17) is 19.7 Å². The molecule has 0 saturated heterocycles. The molecular formula is C26H26N6O6. The summed E-state index contributed by atoms with van der Waals surface area (Å²) in [7, 11) is 1.44. The molecular weight excluding hydrogens is 492 g/mol. The van der Waals surface area contributed by atoms with Crippen molar-refractivity contribution < 1.29 is 28.6 Å². The second kappa shape index (κ2) is 14.1. The monoisotopic (exact) mass is 518 g/mol. The zero-order chi connectivity index (χ0) is 27.3. The van der Waals surface area contributed by atoms with Gasteiger partial charge in [0.25, 0.3) is 5.91 Å². The summed E-state index contributed by atoms with van der Waals surface area (Å²) in [5, 5.41) is 6.48. The number of nitrogens with zero attached hydrogens (tertiary/aromatic N) is 5. The lowest BCUT2D eigenvalue weighted by molar-refractivity contribution is -0.122. The molecule has 0 unspecified atom stereocenters. The fourth-order valence-corrected chi connectivity index (χ4v) is 3.52. The van der Waals surface area contributed by atoms with E-state index in [1.807, 2.05) is 6.92 Å². The Balaban J connectivity index is 1.88. The molecule has 0 aliphatic heterocycles. The Morgan fingerprint density at radius 3 is 2.58 bits per heavy atom. The van der Waals surface area contributed by atoms with Crippen LogP contribution in [0.4, 0.5) is 10.5 Å². The number of hydrogen-bond acceptors (Lipinski definition) is 9. The van der Waals surface area contributed by atoms with Gasteiger partial charge in [0.2, 0.25) is 0 Å². The Labute approximate surface area is 218 Å². The second-order valence-electron chi connectivity index (χ2n) is 8.06. The number of aromatic nitrogens is 2. The molecule has 0 spiro atoms. The minimum atomic E-state index is -0.959. The lowest BCUT2D eigenvalue weighted by Gasteiger charge is -2.17. The van der Waals surface area contributed by atoms with E-state index in [2.05, 4.69) is 25.3 Å². The van der Waals surface area contributed by atoms with Crippen molar-refractivity contribution in [2.45, 2.75) is 26.4 Å². The van der Waals surface area contributed by atoms with Crippen LogP contribution in [0.5, 0.6) is 5.75 Å². The summed E-state index contributed by atoms with van der Waals surface area (Å²) in [6.07, 6.45) is 2.43. The van der Waals surface area contributed by atoms with Crippen LogP contribution in [0, 0.1) is 6.92 Å². The molecule has 3 aromatic rings. The average molecular weight is 519 g/mol. The summed E-state index contributed by atoms with van der Waals surface area (Å²) < 4.78 is 15.3. The van der Waals surface area contributed by atoms with Crippen molar-refractivity contribution in [3.8, 4) is 17.0 Å². The molecule has 1 amide bonds. The van der Waals surface area contributed by atoms with Gasteiger partial charge in [0.1, 0.15) is 25.3 Å². The Morgan fingerprint density at radius 2 is 1.89 bits per heavy atom. The van der Waals surface area contributed by atoms with Gasteiger partial charge in [-0.2, -0.15) is 0 Å². The third kappa shape index (κ3) is 7.85. The molecule has 0 atom stereocenters. The maximum absolute atomic E-state index is 13.4. The molecule has 3 rings (SSSR count). The predicted octanol–water partition coefficient (Wildman–Crippen LogP) is 4.83. The quantitative estimate of drug-likeness (QED) is 0.0888. The number of aryl methyl sites for hydroxylation is 1. The van der Waals surface area contributed by atoms with E-state index in [1.165, 1.54) is 31.8 Å². The number of benzene rings is 2. The molecule has 0 saturated carbocycles. The Kier molecular flexibility index (Phi) is 10.3. The predicted molar refractivity (Wildman–Crippen MR) is 137 cm³/mol. The number of ketones is 1. The topological polar surface area (TPSA) is 165 Å². The smallest absolute Gasteiger partial charge is 0.429 e. The Morgan fingerprint density at radius 1 is 1.11 bits per heavy atom. The SMILES string of the molecule is COCC(=O)CCCNC(=O)c1c(COC(=O)Oc2ccc(C)cc2)ccc(N=[N+]=[N-])c1-c1ccncn1. The molecule has 0 aliphatic rings. The van der Waals surface area contributed by atoms with E-state index < -0.39 is 12.1 Å². The number of carbonyl (C=O) groups is 3. The number of ether oxygens (including phenoxy) is 3. The van der Waals surface area contributed by atoms with Crippen molar-refractivity contribution in [2.24, 2.45) is 5.11 Å².